The van der Waals surface area contributed by atoms with Crippen molar-refractivity contribution in [1.82, 2.24) is 10.1 Å². The van der Waals surface area contributed by atoms with Gasteiger partial charge in [-0.15, -0.1) is 0 Å². The van der Waals surface area contributed by atoms with E-state index in [-0.39, 0.29) is 5.70 Å². The van der Waals surface area contributed by atoms with Crippen molar-refractivity contribution in [2.45, 2.75) is 13.3 Å². The molecule has 8 heteroatoms. The number of aromatic nitrogens is 2. The normalized spacial score (nSPS) is 11.0. The molecule has 0 radical (unpaired) electrons. The van der Waals surface area contributed by atoms with E-state index < -0.39 is 11.9 Å². The van der Waals surface area contributed by atoms with Gasteiger partial charge in [-0.25, -0.2) is 9.59 Å². The van der Waals surface area contributed by atoms with Gasteiger partial charge in [0.1, 0.15) is 5.70 Å². The Morgan fingerprint density at radius 2 is 1.92 bits per heavy atom. The van der Waals surface area contributed by atoms with Crippen LogP contribution in [0.2, 0.25) is 0 Å². The van der Waals surface area contributed by atoms with Gasteiger partial charge in [-0.05, 0) is 24.3 Å². The molecule has 0 saturated carbocycles. The zero-order chi connectivity index (χ0) is 17.5. The van der Waals surface area contributed by atoms with Crippen molar-refractivity contribution in [2.24, 2.45) is 0 Å². The third-order valence-corrected chi connectivity index (χ3v) is 3.06. The van der Waals surface area contributed by atoms with E-state index in [1.807, 2.05) is 6.92 Å². The molecule has 1 heterocycles. The number of nitrogens with one attached hydrogen (secondary N) is 1. The number of hydrogen-bond acceptors (Lipinski definition) is 8. The number of esters is 2. The summed E-state index contributed by atoms with van der Waals surface area (Å²) in [4.78, 5) is 27.3. The van der Waals surface area contributed by atoms with Gasteiger partial charge in [0.2, 0.25) is 0 Å². The van der Waals surface area contributed by atoms with Crippen LogP contribution in [0.4, 0.5) is 5.69 Å². The zero-order valence-corrected chi connectivity index (χ0v) is 13.5. The second-order valence-electron chi connectivity index (χ2n) is 4.64. The van der Waals surface area contributed by atoms with Crippen LogP contribution in [0.1, 0.15) is 12.7 Å². The Hall–Kier alpha value is -3.16. The Morgan fingerprint density at radius 3 is 2.46 bits per heavy atom. The fourth-order valence-electron chi connectivity index (χ4n) is 1.80. The van der Waals surface area contributed by atoms with E-state index in [9.17, 15) is 9.59 Å². The van der Waals surface area contributed by atoms with Gasteiger partial charge >= 0.3 is 11.9 Å². The van der Waals surface area contributed by atoms with E-state index in [1.54, 1.807) is 24.3 Å². The molecule has 1 N–H and O–H groups in total. The molecule has 0 amide bonds. The van der Waals surface area contributed by atoms with E-state index >= 15 is 0 Å². The SMILES string of the molecule is CCc1noc(-c2ccc(N/C(=C/C(=O)OC)C(=O)OC)cc2)n1. The third kappa shape index (κ3) is 4.19. The summed E-state index contributed by atoms with van der Waals surface area (Å²) >= 11 is 0. The summed E-state index contributed by atoms with van der Waals surface area (Å²) in [6.07, 6.45) is 1.70. The van der Waals surface area contributed by atoms with Crippen molar-refractivity contribution >= 4 is 17.6 Å². The summed E-state index contributed by atoms with van der Waals surface area (Å²) in [5.74, 6) is -0.315. The molecule has 0 fully saturated rings. The molecule has 0 bridgehead atoms. The molecule has 1 aromatic heterocycles. The Morgan fingerprint density at radius 1 is 1.21 bits per heavy atom. The molecule has 24 heavy (non-hydrogen) atoms. The molecule has 1 aromatic carbocycles. The van der Waals surface area contributed by atoms with Crippen LogP contribution in [0.3, 0.4) is 0 Å². The van der Waals surface area contributed by atoms with Crippen LogP contribution < -0.4 is 5.32 Å². The van der Waals surface area contributed by atoms with E-state index in [0.29, 0.717) is 23.8 Å². The lowest BCUT2D eigenvalue weighted by Gasteiger charge is -2.09. The van der Waals surface area contributed by atoms with Gasteiger partial charge in [0.05, 0.1) is 20.3 Å². The highest BCUT2D eigenvalue weighted by Crippen LogP contribution is 2.20. The second-order valence-corrected chi connectivity index (χ2v) is 4.64. The fraction of sp³-hybridized carbons (Fsp3) is 0.250. The highest BCUT2D eigenvalue weighted by atomic mass is 16.5. The van der Waals surface area contributed by atoms with Crippen LogP contribution in [0.5, 0.6) is 0 Å². The highest BCUT2D eigenvalue weighted by molar-refractivity contribution is 5.98. The fourth-order valence-corrected chi connectivity index (χ4v) is 1.80. The molecule has 126 valence electrons. The number of anilines is 1. The van der Waals surface area contributed by atoms with Gasteiger partial charge in [0.15, 0.2) is 5.82 Å². The number of benzene rings is 1. The van der Waals surface area contributed by atoms with Crippen molar-refractivity contribution < 1.29 is 23.6 Å². The van der Waals surface area contributed by atoms with Gasteiger partial charge in [0, 0.05) is 17.7 Å². The first-order valence-electron chi connectivity index (χ1n) is 7.15. The summed E-state index contributed by atoms with van der Waals surface area (Å²) in [6.45, 7) is 1.93. The average molecular weight is 331 g/mol. The maximum Gasteiger partial charge on any atom is 0.354 e. The third-order valence-electron chi connectivity index (χ3n) is 3.06. The van der Waals surface area contributed by atoms with Crippen molar-refractivity contribution in [3.63, 3.8) is 0 Å². The Labute approximate surface area is 138 Å². The summed E-state index contributed by atoms with van der Waals surface area (Å²) in [5.41, 5.74) is 1.28. The molecular weight excluding hydrogens is 314 g/mol. The van der Waals surface area contributed by atoms with Gasteiger partial charge in [-0.3, -0.25) is 0 Å². The van der Waals surface area contributed by atoms with E-state index in [0.717, 1.165) is 11.6 Å². The number of hydrogen-bond donors (Lipinski definition) is 1. The first-order valence-corrected chi connectivity index (χ1v) is 7.15. The van der Waals surface area contributed by atoms with Crippen LogP contribution in [0.25, 0.3) is 11.5 Å². The smallest absolute Gasteiger partial charge is 0.354 e. The van der Waals surface area contributed by atoms with Gasteiger partial charge in [0.25, 0.3) is 5.89 Å². The molecular formula is C16H17N3O5. The largest absolute Gasteiger partial charge is 0.466 e. The molecule has 0 spiro atoms. The first kappa shape index (κ1) is 17.2. The number of rotatable bonds is 6. The molecule has 0 aliphatic heterocycles. The lowest BCUT2D eigenvalue weighted by Crippen LogP contribution is -2.15. The summed E-state index contributed by atoms with van der Waals surface area (Å²) in [6, 6.07) is 6.92. The lowest BCUT2D eigenvalue weighted by molar-refractivity contribution is -0.138. The number of methoxy groups -OCH3 is 2. The predicted octanol–water partition coefficient (Wildman–Crippen LogP) is 1.94. The summed E-state index contributed by atoms with van der Waals surface area (Å²) < 4.78 is 14.3. The Balaban J connectivity index is 2.18. The summed E-state index contributed by atoms with van der Waals surface area (Å²) in [5, 5.41) is 6.64. The van der Waals surface area contributed by atoms with Crippen molar-refractivity contribution in [3.8, 4) is 11.5 Å². The van der Waals surface area contributed by atoms with Crippen LogP contribution in [0, 0.1) is 0 Å². The Kier molecular flexibility index (Phi) is 5.67. The maximum atomic E-state index is 11.7. The molecule has 0 unspecified atom stereocenters. The minimum Gasteiger partial charge on any atom is -0.466 e. The maximum absolute atomic E-state index is 11.7. The molecule has 2 aromatic rings. The average Bonchev–Trinajstić information content (AvgIpc) is 3.10. The molecule has 0 aliphatic rings. The molecule has 8 nitrogen and oxygen atoms in total. The van der Waals surface area contributed by atoms with Crippen LogP contribution in [-0.4, -0.2) is 36.3 Å². The van der Waals surface area contributed by atoms with E-state index in [4.69, 9.17) is 4.52 Å². The van der Waals surface area contributed by atoms with E-state index in [1.165, 1.54) is 14.2 Å². The second kappa shape index (κ2) is 7.91. The van der Waals surface area contributed by atoms with Gasteiger partial charge in [-0.1, -0.05) is 12.1 Å². The van der Waals surface area contributed by atoms with Crippen molar-refractivity contribution in [3.05, 3.63) is 41.9 Å². The predicted molar refractivity (Wildman–Crippen MR) is 84.8 cm³/mol. The van der Waals surface area contributed by atoms with Crippen LogP contribution in [0.15, 0.2) is 40.6 Å². The monoisotopic (exact) mass is 331 g/mol. The van der Waals surface area contributed by atoms with Gasteiger partial charge < -0.3 is 19.3 Å². The number of carbonyl (C=O) groups is 2. The number of aryl methyl sites for hydroxylation is 1. The minimum absolute atomic E-state index is 0.0387. The number of ether oxygens (including phenoxy) is 2. The molecule has 0 saturated heterocycles. The number of carbonyl (C=O) groups excluding carboxylic acids is 2. The molecule has 0 aliphatic carbocycles. The highest BCUT2D eigenvalue weighted by Gasteiger charge is 2.13. The topological polar surface area (TPSA) is 104 Å². The van der Waals surface area contributed by atoms with Gasteiger partial charge in [-0.2, -0.15) is 4.98 Å². The van der Waals surface area contributed by atoms with Crippen LogP contribution in [-0.2, 0) is 25.5 Å². The van der Waals surface area contributed by atoms with E-state index in [2.05, 4.69) is 24.9 Å². The molecule has 2 rings (SSSR count). The quantitative estimate of drug-likeness (QED) is 0.632. The minimum atomic E-state index is -0.686. The van der Waals surface area contributed by atoms with Crippen molar-refractivity contribution in [1.29, 1.82) is 0 Å². The first-order chi connectivity index (χ1) is 11.6. The van der Waals surface area contributed by atoms with Crippen molar-refractivity contribution in [2.75, 3.05) is 19.5 Å². The number of nitrogens with zero attached hydrogens (tertiary/aromatic N) is 2. The standard InChI is InChI=1S/C16H17N3O5/c1-4-13-18-15(24-19-13)10-5-7-11(8-6-10)17-12(16(21)23-3)9-14(20)22-2/h5-9,17H,4H2,1-3H3/b12-9+. The zero-order valence-electron chi connectivity index (χ0n) is 13.5. The van der Waals surface area contributed by atoms with Crippen LogP contribution >= 0.6 is 0 Å². The lowest BCUT2D eigenvalue weighted by atomic mass is 10.2. The Bertz CT molecular complexity index is 749. The molecule has 0 atom stereocenters. The summed E-state index contributed by atoms with van der Waals surface area (Å²) in [7, 11) is 2.44.